The largest absolute Gasteiger partial charge is 0.357 e. The molecule has 0 spiro atoms. The molecule has 2 aliphatic rings. The second-order valence-corrected chi connectivity index (χ2v) is 6.42. The van der Waals surface area contributed by atoms with Gasteiger partial charge >= 0.3 is 0 Å². The van der Waals surface area contributed by atoms with E-state index in [1.54, 1.807) is 0 Å². The number of guanidine groups is 1. The zero-order valence-electron chi connectivity index (χ0n) is 13.3. The number of likely N-dealkylation sites (tertiary alicyclic amines) is 1. The summed E-state index contributed by atoms with van der Waals surface area (Å²) in [7, 11) is 2.23. The Morgan fingerprint density at radius 2 is 1.85 bits per heavy atom. The number of rotatable bonds is 5. The van der Waals surface area contributed by atoms with E-state index in [2.05, 4.69) is 29.5 Å². The molecule has 4 heteroatoms. The Kier molecular flexibility index (Phi) is 6.64. The molecule has 1 saturated heterocycles. The molecule has 1 saturated carbocycles. The average molecular weight is 280 g/mol. The molecule has 0 amide bonds. The highest BCUT2D eigenvalue weighted by molar-refractivity contribution is 5.80. The van der Waals surface area contributed by atoms with E-state index in [9.17, 15) is 0 Å². The molecule has 4 nitrogen and oxygen atoms in total. The first-order valence-corrected chi connectivity index (χ1v) is 8.51. The van der Waals surface area contributed by atoms with Crippen LogP contribution < -0.4 is 10.6 Å². The molecular formula is C16H32N4. The highest BCUT2D eigenvalue weighted by atomic mass is 15.2. The number of hydrogen-bond donors (Lipinski definition) is 2. The zero-order chi connectivity index (χ0) is 14.2. The maximum absolute atomic E-state index is 4.77. The van der Waals surface area contributed by atoms with Crippen molar-refractivity contribution in [2.75, 3.05) is 33.2 Å². The third-order valence-corrected chi connectivity index (χ3v) is 4.69. The molecule has 20 heavy (non-hydrogen) atoms. The molecule has 2 N–H and O–H groups in total. The molecule has 2 rings (SSSR count). The van der Waals surface area contributed by atoms with Crippen LogP contribution in [0.1, 0.15) is 51.9 Å². The van der Waals surface area contributed by atoms with Gasteiger partial charge in [-0.2, -0.15) is 0 Å². The van der Waals surface area contributed by atoms with Gasteiger partial charge in [-0.3, -0.25) is 4.99 Å². The molecule has 0 aromatic carbocycles. The maximum Gasteiger partial charge on any atom is 0.191 e. The number of piperidine rings is 1. The van der Waals surface area contributed by atoms with Gasteiger partial charge in [0.15, 0.2) is 5.96 Å². The fourth-order valence-electron chi connectivity index (χ4n) is 3.29. The molecule has 116 valence electrons. The van der Waals surface area contributed by atoms with Gasteiger partial charge in [0.25, 0.3) is 0 Å². The van der Waals surface area contributed by atoms with Crippen molar-refractivity contribution in [3.63, 3.8) is 0 Å². The van der Waals surface area contributed by atoms with Gasteiger partial charge in [-0.1, -0.05) is 12.8 Å². The number of nitrogens with one attached hydrogen (secondary N) is 2. The van der Waals surface area contributed by atoms with Crippen LogP contribution in [0.4, 0.5) is 0 Å². The van der Waals surface area contributed by atoms with Crippen LogP contribution in [0.5, 0.6) is 0 Å². The Labute approximate surface area is 124 Å². The quantitative estimate of drug-likeness (QED) is 0.599. The SMILES string of the molecule is CCNC(=NCCC1CCN(C)CC1)NC1CCCC1. The molecule has 0 radical (unpaired) electrons. The first kappa shape index (κ1) is 15.6. The summed E-state index contributed by atoms with van der Waals surface area (Å²) in [5.41, 5.74) is 0. The highest BCUT2D eigenvalue weighted by Gasteiger charge is 2.17. The number of aliphatic imine (C=N–C) groups is 1. The van der Waals surface area contributed by atoms with Crippen molar-refractivity contribution in [3.05, 3.63) is 0 Å². The van der Waals surface area contributed by atoms with E-state index < -0.39 is 0 Å². The molecule has 0 bridgehead atoms. The fraction of sp³-hybridized carbons (Fsp3) is 0.938. The number of nitrogens with zero attached hydrogens (tertiary/aromatic N) is 2. The van der Waals surface area contributed by atoms with Gasteiger partial charge in [-0.15, -0.1) is 0 Å². The van der Waals surface area contributed by atoms with Crippen LogP contribution >= 0.6 is 0 Å². The molecule has 1 heterocycles. The van der Waals surface area contributed by atoms with Crippen molar-refractivity contribution in [2.24, 2.45) is 10.9 Å². The Morgan fingerprint density at radius 1 is 1.15 bits per heavy atom. The van der Waals surface area contributed by atoms with E-state index >= 15 is 0 Å². The van der Waals surface area contributed by atoms with E-state index in [-0.39, 0.29) is 0 Å². The summed E-state index contributed by atoms with van der Waals surface area (Å²) < 4.78 is 0. The molecule has 0 atom stereocenters. The highest BCUT2D eigenvalue weighted by Crippen LogP contribution is 2.19. The summed E-state index contributed by atoms with van der Waals surface area (Å²) >= 11 is 0. The molecule has 0 aromatic rings. The van der Waals surface area contributed by atoms with Crippen LogP contribution in [0.2, 0.25) is 0 Å². The molecule has 0 aromatic heterocycles. The molecular weight excluding hydrogens is 248 g/mol. The fourth-order valence-corrected chi connectivity index (χ4v) is 3.29. The van der Waals surface area contributed by atoms with Gasteiger partial charge in [0.2, 0.25) is 0 Å². The summed E-state index contributed by atoms with van der Waals surface area (Å²) in [4.78, 5) is 7.21. The van der Waals surface area contributed by atoms with Crippen molar-refractivity contribution in [1.29, 1.82) is 0 Å². The standard InChI is InChI=1S/C16H32N4/c1-3-17-16(19-15-6-4-5-7-15)18-11-8-14-9-12-20(2)13-10-14/h14-15H,3-13H2,1-2H3,(H2,17,18,19). The lowest BCUT2D eigenvalue weighted by Crippen LogP contribution is -2.42. The van der Waals surface area contributed by atoms with E-state index in [0.717, 1.165) is 25.0 Å². The summed E-state index contributed by atoms with van der Waals surface area (Å²) in [6, 6.07) is 0.649. The Balaban J connectivity index is 1.70. The molecule has 0 unspecified atom stereocenters. The molecule has 2 fully saturated rings. The van der Waals surface area contributed by atoms with Gasteiger partial charge < -0.3 is 15.5 Å². The predicted octanol–water partition coefficient (Wildman–Crippen LogP) is 2.22. The van der Waals surface area contributed by atoms with Crippen molar-refractivity contribution in [2.45, 2.75) is 57.9 Å². The third kappa shape index (κ3) is 5.31. The van der Waals surface area contributed by atoms with Crippen LogP contribution in [-0.2, 0) is 0 Å². The van der Waals surface area contributed by atoms with Gasteiger partial charge in [0.05, 0.1) is 0 Å². The monoisotopic (exact) mass is 280 g/mol. The normalized spacial score (nSPS) is 23.2. The Bertz CT molecular complexity index is 289. The minimum atomic E-state index is 0.649. The van der Waals surface area contributed by atoms with Gasteiger partial charge in [0, 0.05) is 19.1 Å². The first-order chi connectivity index (χ1) is 9.78. The predicted molar refractivity (Wildman–Crippen MR) is 86.2 cm³/mol. The van der Waals surface area contributed by atoms with Crippen LogP contribution in [0.25, 0.3) is 0 Å². The lowest BCUT2D eigenvalue weighted by molar-refractivity contribution is 0.214. The maximum atomic E-state index is 4.77. The van der Waals surface area contributed by atoms with E-state index in [0.29, 0.717) is 6.04 Å². The number of hydrogen-bond acceptors (Lipinski definition) is 2. The van der Waals surface area contributed by atoms with Gasteiger partial charge in [0.1, 0.15) is 0 Å². The van der Waals surface area contributed by atoms with Crippen molar-refractivity contribution in [1.82, 2.24) is 15.5 Å². The van der Waals surface area contributed by atoms with Gasteiger partial charge in [-0.05, 0) is 65.1 Å². The average Bonchev–Trinajstić information content (AvgIpc) is 2.94. The minimum Gasteiger partial charge on any atom is -0.357 e. The van der Waals surface area contributed by atoms with Crippen molar-refractivity contribution >= 4 is 5.96 Å². The molecule has 1 aliphatic heterocycles. The second-order valence-electron chi connectivity index (χ2n) is 6.42. The third-order valence-electron chi connectivity index (χ3n) is 4.69. The Hall–Kier alpha value is -0.770. The van der Waals surface area contributed by atoms with Crippen LogP contribution in [0, 0.1) is 5.92 Å². The van der Waals surface area contributed by atoms with E-state index in [4.69, 9.17) is 4.99 Å². The van der Waals surface area contributed by atoms with E-state index in [1.807, 2.05) is 0 Å². The van der Waals surface area contributed by atoms with Crippen LogP contribution in [0.15, 0.2) is 4.99 Å². The minimum absolute atomic E-state index is 0.649. The summed E-state index contributed by atoms with van der Waals surface area (Å²) in [5.74, 6) is 1.91. The lowest BCUT2D eigenvalue weighted by atomic mass is 9.94. The second kappa shape index (κ2) is 8.50. The van der Waals surface area contributed by atoms with Gasteiger partial charge in [-0.25, -0.2) is 0 Å². The molecule has 1 aliphatic carbocycles. The Morgan fingerprint density at radius 3 is 2.50 bits per heavy atom. The van der Waals surface area contributed by atoms with E-state index in [1.165, 1.54) is 58.0 Å². The summed E-state index contributed by atoms with van der Waals surface area (Å²) in [5, 5.41) is 6.98. The first-order valence-electron chi connectivity index (χ1n) is 8.51. The van der Waals surface area contributed by atoms with Crippen molar-refractivity contribution < 1.29 is 0 Å². The van der Waals surface area contributed by atoms with Crippen LogP contribution in [0.3, 0.4) is 0 Å². The summed E-state index contributed by atoms with van der Waals surface area (Å²) in [6.07, 6.45) is 9.28. The topological polar surface area (TPSA) is 39.7 Å². The summed E-state index contributed by atoms with van der Waals surface area (Å²) in [6.45, 7) is 6.58. The lowest BCUT2D eigenvalue weighted by Gasteiger charge is -2.28. The van der Waals surface area contributed by atoms with Crippen molar-refractivity contribution in [3.8, 4) is 0 Å². The van der Waals surface area contributed by atoms with Crippen LogP contribution in [-0.4, -0.2) is 50.1 Å². The smallest absolute Gasteiger partial charge is 0.191 e. The zero-order valence-corrected chi connectivity index (χ0v) is 13.3.